The van der Waals surface area contributed by atoms with Crippen LogP contribution in [0.1, 0.15) is 36.3 Å². The smallest absolute Gasteiger partial charge is 0.0779 e. The molecule has 0 fully saturated rings. The average molecular weight is 264 g/mol. The Hall–Kier alpha value is -0.900. The van der Waals surface area contributed by atoms with Gasteiger partial charge in [-0.05, 0) is 42.7 Å². The minimum Gasteiger partial charge on any atom is -0.391 e. The number of benzene rings is 1. The second kappa shape index (κ2) is 7.63. The maximum atomic E-state index is 10.1. The van der Waals surface area contributed by atoms with Gasteiger partial charge in [0.05, 0.1) is 25.9 Å². The lowest BCUT2D eigenvalue weighted by Crippen LogP contribution is -2.22. The van der Waals surface area contributed by atoms with E-state index in [0.29, 0.717) is 25.7 Å². The summed E-state index contributed by atoms with van der Waals surface area (Å²) in [5.74, 6) is 0.478. The molecule has 2 rings (SSSR count). The van der Waals surface area contributed by atoms with E-state index in [4.69, 9.17) is 9.47 Å². The Kier molecular flexibility index (Phi) is 5.83. The van der Waals surface area contributed by atoms with Crippen molar-refractivity contribution in [1.82, 2.24) is 0 Å². The third kappa shape index (κ3) is 4.30. The minimum absolute atomic E-state index is 0.381. The Bertz CT molecular complexity index is 378. The van der Waals surface area contributed by atoms with Crippen molar-refractivity contribution in [3.05, 3.63) is 35.4 Å². The first-order valence-electron chi connectivity index (χ1n) is 7.14. The predicted octanol–water partition coefficient (Wildman–Crippen LogP) is 2.52. The van der Waals surface area contributed by atoms with Crippen LogP contribution < -0.4 is 0 Å². The number of aliphatic hydroxyl groups excluding tert-OH is 1. The summed E-state index contributed by atoms with van der Waals surface area (Å²) in [5, 5.41) is 10.1. The molecule has 0 spiro atoms. The molecule has 1 aromatic carbocycles. The fraction of sp³-hybridized carbons (Fsp3) is 0.625. The number of hydrogen-bond donors (Lipinski definition) is 1. The van der Waals surface area contributed by atoms with Crippen LogP contribution in [0.2, 0.25) is 0 Å². The van der Waals surface area contributed by atoms with Gasteiger partial charge in [0.1, 0.15) is 0 Å². The summed E-state index contributed by atoms with van der Waals surface area (Å²) in [6.45, 7) is 1.54. The first kappa shape index (κ1) is 14.5. The summed E-state index contributed by atoms with van der Waals surface area (Å²) < 4.78 is 10.3. The van der Waals surface area contributed by atoms with Gasteiger partial charge in [0.25, 0.3) is 0 Å². The van der Waals surface area contributed by atoms with Gasteiger partial charge in [0.2, 0.25) is 0 Å². The van der Waals surface area contributed by atoms with E-state index in [9.17, 15) is 5.11 Å². The van der Waals surface area contributed by atoms with E-state index in [1.54, 1.807) is 7.11 Å². The number of ether oxygens (including phenoxy) is 2. The lowest BCUT2D eigenvalue weighted by molar-refractivity contribution is 0.00728. The molecular formula is C16H24O3. The van der Waals surface area contributed by atoms with Crippen molar-refractivity contribution in [2.24, 2.45) is 0 Å². The molecule has 0 aromatic heterocycles. The molecule has 0 bridgehead atoms. The highest BCUT2D eigenvalue weighted by Gasteiger charge is 2.22. The number of hydrogen-bond acceptors (Lipinski definition) is 3. The highest BCUT2D eigenvalue weighted by molar-refractivity contribution is 5.32. The van der Waals surface area contributed by atoms with Crippen LogP contribution in [0.25, 0.3) is 0 Å². The molecular weight excluding hydrogens is 240 g/mol. The fourth-order valence-electron chi connectivity index (χ4n) is 2.86. The van der Waals surface area contributed by atoms with Gasteiger partial charge in [-0.3, -0.25) is 0 Å². The quantitative estimate of drug-likeness (QED) is 0.769. The van der Waals surface area contributed by atoms with Crippen molar-refractivity contribution >= 4 is 0 Å². The van der Waals surface area contributed by atoms with Crippen molar-refractivity contribution in [1.29, 1.82) is 0 Å². The molecule has 2 atom stereocenters. The predicted molar refractivity (Wildman–Crippen MR) is 75.4 cm³/mol. The van der Waals surface area contributed by atoms with E-state index < -0.39 is 0 Å². The van der Waals surface area contributed by atoms with Crippen molar-refractivity contribution in [3.8, 4) is 0 Å². The van der Waals surface area contributed by atoms with Gasteiger partial charge < -0.3 is 14.6 Å². The summed E-state index contributed by atoms with van der Waals surface area (Å²) in [6, 6.07) is 8.62. The monoisotopic (exact) mass is 264 g/mol. The van der Waals surface area contributed by atoms with Crippen LogP contribution in [-0.2, 0) is 15.9 Å². The Morgan fingerprint density at radius 2 is 2.16 bits per heavy atom. The minimum atomic E-state index is -0.381. The normalized spacial score (nSPS) is 20.0. The van der Waals surface area contributed by atoms with E-state index in [1.807, 2.05) is 0 Å². The van der Waals surface area contributed by atoms with Crippen LogP contribution in [0.4, 0.5) is 0 Å². The first-order valence-corrected chi connectivity index (χ1v) is 7.14. The molecule has 19 heavy (non-hydrogen) atoms. The molecule has 0 radical (unpaired) electrons. The molecule has 3 nitrogen and oxygen atoms in total. The lowest BCUT2D eigenvalue weighted by atomic mass is 9.80. The number of rotatable bonds is 7. The standard InChI is InChI=1S/C16H24O3/c1-18-9-10-19-12-15(17)11-14-7-4-6-13-5-2-3-8-16(13)14/h2-3,5,8,14-15,17H,4,6-7,9-12H2,1H3. The maximum Gasteiger partial charge on any atom is 0.0779 e. The number of aliphatic hydroxyl groups is 1. The van der Waals surface area contributed by atoms with Crippen LogP contribution >= 0.6 is 0 Å². The van der Waals surface area contributed by atoms with Gasteiger partial charge in [0, 0.05) is 7.11 Å². The first-order chi connectivity index (χ1) is 9.31. The summed E-state index contributed by atoms with van der Waals surface area (Å²) >= 11 is 0. The summed E-state index contributed by atoms with van der Waals surface area (Å²) in [7, 11) is 1.65. The highest BCUT2D eigenvalue weighted by Crippen LogP contribution is 2.34. The summed E-state index contributed by atoms with van der Waals surface area (Å²) in [5.41, 5.74) is 2.87. The second-order valence-electron chi connectivity index (χ2n) is 5.25. The molecule has 1 N–H and O–H groups in total. The van der Waals surface area contributed by atoms with Crippen molar-refractivity contribution in [2.45, 2.75) is 37.7 Å². The second-order valence-corrected chi connectivity index (χ2v) is 5.25. The molecule has 0 amide bonds. The van der Waals surface area contributed by atoms with Crippen LogP contribution in [0.5, 0.6) is 0 Å². The molecule has 0 saturated carbocycles. The Morgan fingerprint density at radius 3 is 3.00 bits per heavy atom. The average Bonchev–Trinajstić information content (AvgIpc) is 2.44. The lowest BCUT2D eigenvalue weighted by Gasteiger charge is -2.27. The Labute approximate surface area is 115 Å². The molecule has 106 valence electrons. The topological polar surface area (TPSA) is 38.7 Å². The van der Waals surface area contributed by atoms with Gasteiger partial charge in [-0.2, -0.15) is 0 Å². The van der Waals surface area contributed by atoms with E-state index in [0.717, 1.165) is 6.42 Å². The van der Waals surface area contributed by atoms with Crippen LogP contribution in [0, 0.1) is 0 Å². The van der Waals surface area contributed by atoms with E-state index in [1.165, 1.54) is 30.4 Å². The molecule has 1 aliphatic rings. The summed E-state index contributed by atoms with van der Waals surface area (Å²) in [6.07, 6.45) is 3.98. The zero-order valence-corrected chi connectivity index (χ0v) is 11.7. The van der Waals surface area contributed by atoms with Crippen LogP contribution in [0.3, 0.4) is 0 Å². The van der Waals surface area contributed by atoms with Crippen LogP contribution in [-0.4, -0.2) is 38.1 Å². The molecule has 0 heterocycles. The number of aryl methyl sites for hydroxylation is 1. The molecule has 1 aromatic rings. The molecule has 0 saturated heterocycles. The van der Waals surface area contributed by atoms with Gasteiger partial charge in [0.15, 0.2) is 0 Å². The van der Waals surface area contributed by atoms with Gasteiger partial charge in [-0.25, -0.2) is 0 Å². The zero-order valence-electron chi connectivity index (χ0n) is 11.7. The molecule has 1 aliphatic carbocycles. The zero-order chi connectivity index (χ0) is 13.5. The third-order valence-corrected chi connectivity index (χ3v) is 3.79. The number of fused-ring (bicyclic) bond motifs is 1. The molecule has 3 heteroatoms. The van der Waals surface area contributed by atoms with E-state index in [2.05, 4.69) is 24.3 Å². The fourth-order valence-corrected chi connectivity index (χ4v) is 2.86. The van der Waals surface area contributed by atoms with E-state index >= 15 is 0 Å². The molecule has 2 unspecified atom stereocenters. The summed E-state index contributed by atoms with van der Waals surface area (Å²) in [4.78, 5) is 0. The van der Waals surface area contributed by atoms with Crippen molar-refractivity contribution < 1.29 is 14.6 Å². The van der Waals surface area contributed by atoms with Gasteiger partial charge in [-0.15, -0.1) is 0 Å². The van der Waals surface area contributed by atoms with Crippen molar-refractivity contribution in [2.75, 3.05) is 26.9 Å². The maximum absolute atomic E-state index is 10.1. The highest BCUT2D eigenvalue weighted by atomic mass is 16.5. The third-order valence-electron chi connectivity index (χ3n) is 3.79. The van der Waals surface area contributed by atoms with Crippen LogP contribution in [0.15, 0.2) is 24.3 Å². The van der Waals surface area contributed by atoms with Gasteiger partial charge in [-0.1, -0.05) is 24.3 Å². The Morgan fingerprint density at radius 1 is 1.32 bits per heavy atom. The largest absolute Gasteiger partial charge is 0.391 e. The van der Waals surface area contributed by atoms with Crippen molar-refractivity contribution in [3.63, 3.8) is 0 Å². The SMILES string of the molecule is COCCOCC(O)CC1CCCc2ccccc21. The number of methoxy groups -OCH3 is 1. The van der Waals surface area contributed by atoms with Gasteiger partial charge >= 0.3 is 0 Å². The molecule has 0 aliphatic heterocycles. The Balaban J connectivity index is 1.83. The van der Waals surface area contributed by atoms with E-state index in [-0.39, 0.29) is 6.10 Å².